The lowest BCUT2D eigenvalue weighted by molar-refractivity contribution is -0.137. The van der Waals surface area contributed by atoms with E-state index in [9.17, 15) is 9.90 Å². The summed E-state index contributed by atoms with van der Waals surface area (Å²) in [5, 5.41) is 18.1. The van der Waals surface area contributed by atoms with Crippen LogP contribution in [0.1, 0.15) is 30.0 Å². The topological polar surface area (TPSA) is 83.5 Å². The number of aromatic hydroxyl groups is 1. The Bertz CT molecular complexity index is 406. The molecule has 1 rings (SSSR count). The van der Waals surface area contributed by atoms with Crippen molar-refractivity contribution in [1.29, 1.82) is 0 Å². The first-order valence-corrected chi connectivity index (χ1v) is 5.67. The van der Waals surface area contributed by atoms with Gasteiger partial charge in [-0.15, -0.1) is 0 Å². The first kappa shape index (κ1) is 13.0. The van der Waals surface area contributed by atoms with Gasteiger partial charge in [-0.25, -0.2) is 0 Å². The van der Waals surface area contributed by atoms with Gasteiger partial charge in [-0.05, 0) is 52.5 Å². The van der Waals surface area contributed by atoms with Crippen LogP contribution in [0.25, 0.3) is 0 Å². The van der Waals surface area contributed by atoms with Crippen LogP contribution in [0.4, 0.5) is 0 Å². The van der Waals surface area contributed by atoms with Gasteiger partial charge in [0.05, 0.1) is 4.47 Å². The molecule has 0 aliphatic rings. The van der Waals surface area contributed by atoms with E-state index in [2.05, 4.69) is 15.9 Å². The summed E-state index contributed by atoms with van der Waals surface area (Å²) in [6.45, 7) is 1.88. The third-order valence-electron chi connectivity index (χ3n) is 2.40. The molecule has 0 aliphatic carbocycles. The molecule has 0 radical (unpaired) electrons. The molecule has 4 N–H and O–H groups in total. The number of nitrogens with two attached hydrogens (primary N) is 1. The van der Waals surface area contributed by atoms with E-state index in [1.807, 2.05) is 6.92 Å². The Balaban J connectivity index is 2.86. The zero-order valence-electron chi connectivity index (χ0n) is 8.90. The Kier molecular flexibility index (Phi) is 4.32. The average Bonchev–Trinajstić information content (AvgIpc) is 2.20. The molecule has 88 valence electrons. The summed E-state index contributed by atoms with van der Waals surface area (Å²) in [6, 6.07) is 2.98. The van der Waals surface area contributed by atoms with Crippen molar-refractivity contribution in [3.8, 4) is 5.75 Å². The summed E-state index contributed by atoms with van der Waals surface area (Å²) in [4.78, 5) is 10.4. The Hall–Kier alpha value is -1.07. The zero-order valence-corrected chi connectivity index (χ0v) is 10.5. The van der Waals surface area contributed by atoms with Gasteiger partial charge in [0.2, 0.25) is 0 Å². The fourth-order valence-electron chi connectivity index (χ4n) is 1.51. The van der Waals surface area contributed by atoms with Crippen LogP contribution in [0.5, 0.6) is 5.75 Å². The fraction of sp³-hybridized carbons (Fsp3) is 0.364. The summed E-state index contributed by atoms with van der Waals surface area (Å²) >= 11 is 3.21. The van der Waals surface area contributed by atoms with E-state index in [-0.39, 0.29) is 18.2 Å². The minimum Gasteiger partial charge on any atom is -0.507 e. The van der Waals surface area contributed by atoms with Crippen LogP contribution < -0.4 is 5.73 Å². The Labute approximate surface area is 102 Å². The highest BCUT2D eigenvalue weighted by molar-refractivity contribution is 9.10. The quantitative estimate of drug-likeness (QED) is 0.794. The molecule has 1 atom stereocenters. The predicted octanol–water partition coefficient (Wildman–Crippen LogP) is 2.33. The molecule has 0 spiro atoms. The molecule has 1 aromatic rings. The average molecular weight is 288 g/mol. The lowest BCUT2D eigenvalue weighted by Gasteiger charge is -2.14. The number of aryl methyl sites for hydroxylation is 1. The van der Waals surface area contributed by atoms with Crippen LogP contribution in [-0.2, 0) is 4.79 Å². The number of carboxylic acids is 1. The van der Waals surface area contributed by atoms with Crippen LogP contribution in [0.15, 0.2) is 16.6 Å². The monoisotopic (exact) mass is 287 g/mol. The van der Waals surface area contributed by atoms with Gasteiger partial charge >= 0.3 is 5.97 Å². The molecule has 0 aromatic heterocycles. The van der Waals surface area contributed by atoms with Crippen molar-refractivity contribution in [2.45, 2.75) is 25.8 Å². The number of aliphatic carboxylic acids is 1. The highest BCUT2D eigenvalue weighted by Gasteiger charge is 2.13. The van der Waals surface area contributed by atoms with Crippen molar-refractivity contribution in [2.75, 3.05) is 0 Å². The van der Waals surface area contributed by atoms with Crippen molar-refractivity contribution in [2.24, 2.45) is 5.73 Å². The molecule has 0 amide bonds. The van der Waals surface area contributed by atoms with Crippen LogP contribution in [-0.4, -0.2) is 16.2 Å². The van der Waals surface area contributed by atoms with Gasteiger partial charge in [-0.3, -0.25) is 4.79 Å². The number of carboxylic acid groups (broad SMARTS) is 1. The Morgan fingerprint density at radius 2 is 2.19 bits per heavy atom. The summed E-state index contributed by atoms with van der Waals surface area (Å²) < 4.78 is 0.610. The van der Waals surface area contributed by atoms with Crippen molar-refractivity contribution < 1.29 is 15.0 Å². The minimum absolute atomic E-state index is 0.0252. The number of phenols is 1. The van der Waals surface area contributed by atoms with Gasteiger partial charge < -0.3 is 15.9 Å². The van der Waals surface area contributed by atoms with E-state index in [4.69, 9.17) is 10.8 Å². The summed E-state index contributed by atoms with van der Waals surface area (Å²) in [6.07, 6.45) is 0.384. The molecule has 5 heteroatoms. The maximum atomic E-state index is 10.4. The molecule has 1 unspecified atom stereocenters. The fourth-order valence-corrected chi connectivity index (χ4v) is 1.97. The largest absolute Gasteiger partial charge is 0.507 e. The molecule has 1 aromatic carbocycles. The molecule has 0 saturated heterocycles. The third kappa shape index (κ3) is 3.21. The summed E-state index contributed by atoms with van der Waals surface area (Å²) in [5.41, 5.74) is 7.59. The lowest BCUT2D eigenvalue weighted by Crippen LogP contribution is -2.13. The maximum Gasteiger partial charge on any atom is 0.303 e. The SMILES string of the molecule is Cc1cc(Br)c(O)cc1C(N)CCC(=O)O. The van der Waals surface area contributed by atoms with Crippen molar-refractivity contribution >= 4 is 21.9 Å². The van der Waals surface area contributed by atoms with Gasteiger partial charge in [0.1, 0.15) is 5.75 Å². The first-order valence-electron chi connectivity index (χ1n) is 4.88. The van der Waals surface area contributed by atoms with Crippen molar-refractivity contribution in [1.82, 2.24) is 0 Å². The molecular formula is C11H14BrNO3. The van der Waals surface area contributed by atoms with Crippen molar-refractivity contribution in [3.05, 3.63) is 27.7 Å². The smallest absolute Gasteiger partial charge is 0.303 e. The molecule has 0 aliphatic heterocycles. The number of benzene rings is 1. The summed E-state index contributed by atoms with van der Waals surface area (Å²) in [7, 11) is 0. The van der Waals surface area contributed by atoms with E-state index < -0.39 is 5.97 Å². The van der Waals surface area contributed by atoms with E-state index in [1.54, 1.807) is 12.1 Å². The molecule has 4 nitrogen and oxygen atoms in total. The van der Waals surface area contributed by atoms with E-state index >= 15 is 0 Å². The predicted molar refractivity (Wildman–Crippen MR) is 64.3 cm³/mol. The molecule has 0 heterocycles. The van der Waals surface area contributed by atoms with Gasteiger partial charge in [0.15, 0.2) is 0 Å². The van der Waals surface area contributed by atoms with E-state index in [0.717, 1.165) is 11.1 Å². The third-order valence-corrected chi connectivity index (χ3v) is 3.04. The van der Waals surface area contributed by atoms with Crippen LogP contribution in [0, 0.1) is 6.92 Å². The molecule has 16 heavy (non-hydrogen) atoms. The highest BCUT2D eigenvalue weighted by atomic mass is 79.9. The lowest BCUT2D eigenvalue weighted by atomic mass is 9.98. The number of carbonyl (C=O) groups is 1. The molecule has 0 saturated carbocycles. The second-order valence-electron chi connectivity index (χ2n) is 3.70. The normalized spacial score (nSPS) is 12.4. The van der Waals surface area contributed by atoms with Crippen LogP contribution >= 0.6 is 15.9 Å². The van der Waals surface area contributed by atoms with Crippen LogP contribution in [0.3, 0.4) is 0 Å². The van der Waals surface area contributed by atoms with Gasteiger partial charge in [0.25, 0.3) is 0 Å². The zero-order chi connectivity index (χ0) is 12.3. The Morgan fingerprint density at radius 3 is 2.75 bits per heavy atom. The molecule has 0 fully saturated rings. The van der Waals surface area contributed by atoms with Crippen LogP contribution in [0.2, 0.25) is 0 Å². The second kappa shape index (κ2) is 5.32. The first-order chi connectivity index (χ1) is 7.41. The number of phenolic OH excluding ortho intramolecular Hbond substituents is 1. The van der Waals surface area contributed by atoms with Gasteiger partial charge in [-0.2, -0.15) is 0 Å². The van der Waals surface area contributed by atoms with E-state index in [0.29, 0.717) is 10.9 Å². The number of rotatable bonds is 4. The molecule has 0 bridgehead atoms. The molecular weight excluding hydrogens is 274 g/mol. The second-order valence-corrected chi connectivity index (χ2v) is 4.55. The minimum atomic E-state index is -0.866. The Morgan fingerprint density at radius 1 is 1.56 bits per heavy atom. The van der Waals surface area contributed by atoms with E-state index in [1.165, 1.54) is 0 Å². The standard InChI is InChI=1S/C11H14BrNO3/c1-6-4-8(12)10(14)5-7(6)9(13)2-3-11(15)16/h4-5,9,14H,2-3,13H2,1H3,(H,15,16). The summed E-state index contributed by atoms with van der Waals surface area (Å²) in [5.74, 6) is -0.749. The van der Waals surface area contributed by atoms with Gasteiger partial charge in [-0.1, -0.05) is 0 Å². The van der Waals surface area contributed by atoms with Gasteiger partial charge in [0, 0.05) is 12.5 Å². The van der Waals surface area contributed by atoms with Crippen molar-refractivity contribution in [3.63, 3.8) is 0 Å². The number of halogens is 1. The maximum absolute atomic E-state index is 10.4. The number of hydrogen-bond donors (Lipinski definition) is 3. The number of hydrogen-bond acceptors (Lipinski definition) is 3. The highest BCUT2D eigenvalue weighted by Crippen LogP contribution is 2.30.